The topological polar surface area (TPSA) is 55.2 Å². The Morgan fingerprint density at radius 3 is 2.26 bits per heavy atom. The zero-order valence-electron chi connectivity index (χ0n) is 19.6. The minimum Gasteiger partial charge on any atom is -0.328 e. The molecule has 0 saturated carbocycles. The van der Waals surface area contributed by atoms with E-state index in [1.165, 1.54) is 16.7 Å². The Morgan fingerprint density at radius 1 is 0.971 bits per heavy atom. The fourth-order valence-electron chi connectivity index (χ4n) is 4.25. The number of hydrogen-bond acceptors (Lipinski definition) is 3. The van der Waals surface area contributed by atoms with Crippen LogP contribution in [0.5, 0.6) is 0 Å². The van der Waals surface area contributed by atoms with Crippen LogP contribution in [0.25, 0.3) is 16.6 Å². The van der Waals surface area contributed by atoms with Crippen molar-refractivity contribution in [3.8, 4) is 5.69 Å². The average Bonchev–Trinajstić information content (AvgIpc) is 2.85. The van der Waals surface area contributed by atoms with Crippen molar-refractivity contribution >= 4 is 16.8 Å². The number of nitrogens with zero attached hydrogens (tertiary/aromatic N) is 3. The quantitative estimate of drug-likeness (QED) is 0.354. The van der Waals surface area contributed by atoms with Crippen molar-refractivity contribution in [3.63, 3.8) is 0 Å². The molecule has 0 radical (unpaired) electrons. The van der Waals surface area contributed by atoms with Gasteiger partial charge in [-0.25, -0.2) is 9.37 Å². The van der Waals surface area contributed by atoms with Crippen molar-refractivity contribution in [2.75, 3.05) is 6.54 Å². The Bertz CT molecular complexity index is 1350. The van der Waals surface area contributed by atoms with Gasteiger partial charge in [0.25, 0.3) is 11.5 Å². The zero-order valence-corrected chi connectivity index (χ0v) is 19.6. The van der Waals surface area contributed by atoms with Gasteiger partial charge in [0.1, 0.15) is 11.6 Å². The molecule has 1 heterocycles. The summed E-state index contributed by atoms with van der Waals surface area (Å²) < 4.78 is 15.2. The summed E-state index contributed by atoms with van der Waals surface area (Å²) in [5.41, 5.74) is 1.41. The lowest BCUT2D eigenvalue weighted by atomic mass is 10.1. The predicted octanol–water partition coefficient (Wildman–Crippen LogP) is 5.77. The van der Waals surface area contributed by atoms with Gasteiger partial charge in [-0.05, 0) is 60.9 Å². The van der Waals surface area contributed by atoms with Crippen molar-refractivity contribution < 1.29 is 9.18 Å². The summed E-state index contributed by atoms with van der Waals surface area (Å²) in [6.45, 7) is 6.59. The molecule has 0 N–H and O–H groups in total. The second-order valence-electron chi connectivity index (χ2n) is 8.75. The minimum atomic E-state index is -0.461. The number of carbonyl (C=O) groups is 1. The highest BCUT2D eigenvalue weighted by Gasteiger charge is 2.30. The maximum Gasteiger partial charge on any atom is 0.266 e. The molecular weight excluding hydrogens is 429 g/mol. The van der Waals surface area contributed by atoms with Crippen LogP contribution in [0.15, 0.2) is 83.7 Å². The summed E-state index contributed by atoms with van der Waals surface area (Å²) in [7, 11) is 0. The molecular formula is C28H28FN3O2. The Kier molecular flexibility index (Phi) is 6.87. The number of rotatable bonds is 7. The Balaban J connectivity index is 1.96. The van der Waals surface area contributed by atoms with Gasteiger partial charge < -0.3 is 4.90 Å². The van der Waals surface area contributed by atoms with E-state index >= 15 is 0 Å². The average molecular weight is 458 g/mol. The number of para-hydroxylation sites is 1. The van der Waals surface area contributed by atoms with Gasteiger partial charge in [0.15, 0.2) is 0 Å². The van der Waals surface area contributed by atoms with Gasteiger partial charge in [0.05, 0.1) is 22.6 Å². The highest BCUT2D eigenvalue weighted by Crippen LogP contribution is 2.28. The van der Waals surface area contributed by atoms with E-state index in [0.29, 0.717) is 40.9 Å². The van der Waals surface area contributed by atoms with E-state index in [4.69, 9.17) is 4.98 Å². The lowest BCUT2D eigenvalue weighted by Crippen LogP contribution is -2.40. The first kappa shape index (κ1) is 23.4. The molecule has 1 unspecified atom stereocenters. The number of hydrogen-bond donors (Lipinski definition) is 0. The summed E-state index contributed by atoms with van der Waals surface area (Å²) in [6.07, 6.45) is 0.553. The second kappa shape index (κ2) is 10.00. The van der Waals surface area contributed by atoms with E-state index in [-0.39, 0.29) is 23.2 Å². The molecule has 0 spiro atoms. The van der Waals surface area contributed by atoms with E-state index in [1.54, 1.807) is 47.4 Å². The third kappa shape index (κ3) is 4.62. The van der Waals surface area contributed by atoms with Gasteiger partial charge in [0, 0.05) is 12.1 Å². The maximum atomic E-state index is 13.7. The van der Waals surface area contributed by atoms with Gasteiger partial charge >= 0.3 is 0 Å². The summed E-state index contributed by atoms with van der Waals surface area (Å²) in [5, 5.41) is 0.468. The van der Waals surface area contributed by atoms with Crippen LogP contribution in [0, 0.1) is 11.7 Å². The number of halogens is 1. The van der Waals surface area contributed by atoms with Crippen LogP contribution < -0.4 is 5.56 Å². The van der Waals surface area contributed by atoms with Crippen LogP contribution >= 0.6 is 0 Å². The molecule has 3 aromatic carbocycles. The van der Waals surface area contributed by atoms with Crippen LogP contribution in [-0.2, 0) is 0 Å². The van der Waals surface area contributed by atoms with Gasteiger partial charge in [-0.1, -0.05) is 51.1 Å². The summed E-state index contributed by atoms with van der Waals surface area (Å²) >= 11 is 0. The molecule has 0 aliphatic rings. The number of benzene rings is 3. The van der Waals surface area contributed by atoms with Crippen molar-refractivity contribution in [1.29, 1.82) is 0 Å². The van der Waals surface area contributed by atoms with Crippen LogP contribution in [0.3, 0.4) is 0 Å². The highest BCUT2D eigenvalue weighted by atomic mass is 19.1. The smallest absolute Gasteiger partial charge is 0.266 e. The molecule has 4 aromatic rings. The van der Waals surface area contributed by atoms with Crippen LogP contribution in [0.4, 0.5) is 4.39 Å². The Morgan fingerprint density at radius 2 is 1.62 bits per heavy atom. The third-order valence-corrected chi connectivity index (χ3v) is 5.79. The van der Waals surface area contributed by atoms with Crippen LogP contribution in [-0.4, -0.2) is 26.9 Å². The molecule has 1 aromatic heterocycles. The first-order chi connectivity index (χ1) is 16.4. The summed E-state index contributed by atoms with van der Waals surface area (Å²) in [4.78, 5) is 34.0. The van der Waals surface area contributed by atoms with Gasteiger partial charge in [0.2, 0.25) is 0 Å². The molecule has 0 aliphatic carbocycles. The molecule has 6 heteroatoms. The molecule has 5 nitrogen and oxygen atoms in total. The second-order valence-corrected chi connectivity index (χ2v) is 8.75. The number of amides is 1. The van der Waals surface area contributed by atoms with E-state index in [2.05, 4.69) is 13.8 Å². The fraction of sp³-hybridized carbons (Fsp3) is 0.250. The molecule has 1 amide bonds. The molecule has 0 bridgehead atoms. The SMILES string of the molecule is CCC(c1nc2ccccc2c(=O)n1-c1ccc(F)cc1)N(CC(C)C)C(=O)c1ccccc1. The van der Waals surface area contributed by atoms with E-state index in [0.717, 1.165) is 0 Å². The van der Waals surface area contributed by atoms with Crippen LogP contribution in [0.2, 0.25) is 0 Å². The van der Waals surface area contributed by atoms with Crippen molar-refractivity contribution in [3.05, 3.63) is 106 Å². The molecule has 4 rings (SSSR count). The number of aromatic nitrogens is 2. The van der Waals surface area contributed by atoms with Crippen molar-refractivity contribution in [2.45, 2.75) is 33.2 Å². The van der Waals surface area contributed by atoms with E-state index < -0.39 is 6.04 Å². The molecule has 34 heavy (non-hydrogen) atoms. The van der Waals surface area contributed by atoms with E-state index in [9.17, 15) is 14.0 Å². The fourth-order valence-corrected chi connectivity index (χ4v) is 4.25. The highest BCUT2D eigenvalue weighted by molar-refractivity contribution is 5.94. The molecule has 174 valence electrons. The van der Waals surface area contributed by atoms with E-state index in [1.807, 2.05) is 31.2 Å². The summed E-state index contributed by atoms with van der Waals surface area (Å²) in [6, 6.07) is 21.6. The zero-order chi connectivity index (χ0) is 24.2. The Labute approximate surface area is 198 Å². The number of carbonyl (C=O) groups excluding carboxylic acids is 1. The standard InChI is InChI=1S/C28H28FN3O2/c1-4-25(31(18-19(2)3)27(33)20-10-6-5-7-11-20)26-30-24-13-9-8-12-23(24)28(34)32(26)22-16-14-21(29)15-17-22/h5-17,19,25H,4,18H2,1-3H3. The number of fused-ring (bicyclic) bond motifs is 1. The molecule has 0 saturated heterocycles. The lowest BCUT2D eigenvalue weighted by molar-refractivity contribution is 0.0631. The normalized spacial score (nSPS) is 12.1. The van der Waals surface area contributed by atoms with Crippen molar-refractivity contribution in [1.82, 2.24) is 14.5 Å². The molecule has 1 atom stereocenters. The van der Waals surface area contributed by atoms with Gasteiger partial charge in [-0.3, -0.25) is 14.2 Å². The monoisotopic (exact) mass is 457 g/mol. The Hall–Kier alpha value is -3.80. The summed E-state index contributed by atoms with van der Waals surface area (Å²) in [5.74, 6) is 0.157. The third-order valence-electron chi connectivity index (χ3n) is 5.79. The first-order valence-electron chi connectivity index (χ1n) is 11.5. The van der Waals surface area contributed by atoms with Crippen molar-refractivity contribution in [2.24, 2.45) is 5.92 Å². The van der Waals surface area contributed by atoms with Crippen LogP contribution in [0.1, 0.15) is 49.4 Å². The molecule has 0 fully saturated rings. The lowest BCUT2D eigenvalue weighted by Gasteiger charge is -2.33. The maximum absolute atomic E-state index is 13.7. The van der Waals surface area contributed by atoms with Gasteiger partial charge in [-0.15, -0.1) is 0 Å². The largest absolute Gasteiger partial charge is 0.328 e. The molecule has 0 aliphatic heterocycles. The van der Waals surface area contributed by atoms with Gasteiger partial charge in [-0.2, -0.15) is 0 Å². The minimum absolute atomic E-state index is 0.116. The first-order valence-corrected chi connectivity index (χ1v) is 11.5. The predicted molar refractivity (Wildman–Crippen MR) is 133 cm³/mol.